The molecule has 8 heteroatoms. The third-order valence-electron chi connectivity index (χ3n) is 3.79. The van der Waals surface area contributed by atoms with E-state index in [1.807, 2.05) is 0 Å². The van der Waals surface area contributed by atoms with Gasteiger partial charge in [-0.25, -0.2) is 0 Å². The van der Waals surface area contributed by atoms with Crippen molar-refractivity contribution < 1.29 is 14.5 Å². The van der Waals surface area contributed by atoms with Gasteiger partial charge in [0.2, 0.25) is 0 Å². The number of nitrogens with one attached hydrogen (secondary N) is 2. The van der Waals surface area contributed by atoms with Crippen LogP contribution in [0.5, 0.6) is 0 Å². The monoisotopic (exact) mass is 399 g/mol. The van der Waals surface area contributed by atoms with Gasteiger partial charge < -0.3 is 15.4 Å². The number of hydrogen-bond acceptors (Lipinski definition) is 6. The summed E-state index contributed by atoms with van der Waals surface area (Å²) >= 11 is 3.24. The minimum atomic E-state index is -0.592. The second-order valence-corrected chi connectivity index (χ2v) is 7.77. The first kappa shape index (κ1) is 18.7. The molecule has 0 amide bonds. The van der Waals surface area contributed by atoms with Crippen molar-refractivity contribution in [1.29, 1.82) is 0 Å². The standard InChI is InChI=1S/C16H22BrN3O4/c1-16(2,3)15(21)24-14-9-18-7-6-12(14)19-11-5-4-10(17)8-13(11)20(22)23/h4-5,8,12,14,18-19H,6-7,9H2,1-3H3. The first-order valence-corrected chi connectivity index (χ1v) is 8.60. The van der Waals surface area contributed by atoms with Crippen molar-refractivity contribution in [3.8, 4) is 0 Å². The van der Waals surface area contributed by atoms with Gasteiger partial charge in [-0.05, 0) is 45.9 Å². The molecule has 0 saturated carbocycles. The summed E-state index contributed by atoms with van der Waals surface area (Å²) in [5.41, 5.74) is -0.179. The molecule has 2 atom stereocenters. The number of nitro benzene ring substituents is 1. The molecule has 132 valence electrons. The largest absolute Gasteiger partial charge is 0.458 e. The van der Waals surface area contributed by atoms with Crippen LogP contribution < -0.4 is 10.6 Å². The number of piperidine rings is 1. The van der Waals surface area contributed by atoms with Gasteiger partial charge in [-0.15, -0.1) is 0 Å². The van der Waals surface area contributed by atoms with Crippen LogP contribution in [0.1, 0.15) is 27.2 Å². The van der Waals surface area contributed by atoms with Gasteiger partial charge >= 0.3 is 5.97 Å². The van der Waals surface area contributed by atoms with Crippen LogP contribution in [0.15, 0.2) is 22.7 Å². The molecule has 1 aliphatic heterocycles. The molecule has 7 nitrogen and oxygen atoms in total. The summed E-state index contributed by atoms with van der Waals surface area (Å²) in [5, 5.41) is 17.6. The molecule has 0 aliphatic carbocycles. The molecule has 2 N–H and O–H groups in total. The Balaban J connectivity index is 2.17. The summed E-state index contributed by atoms with van der Waals surface area (Å²) < 4.78 is 6.26. The number of ether oxygens (including phenoxy) is 1. The Labute approximate surface area is 149 Å². The van der Waals surface area contributed by atoms with Crippen LogP contribution in [0.3, 0.4) is 0 Å². The second-order valence-electron chi connectivity index (χ2n) is 6.86. The summed E-state index contributed by atoms with van der Waals surface area (Å²) in [6.07, 6.45) is 0.323. The minimum Gasteiger partial charge on any atom is -0.458 e. The van der Waals surface area contributed by atoms with Gasteiger partial charge in [0.05, 0.1) is 16.4 Å². The van der Waals surface area contributed by atoms with Crippen LogP contribution in [0.25, 0.3) is 0 Å². The molecule has 24 heavy (non-hydrogen) atoms. The van der Waals surface area contributed by atoms with E-state index in [4.69, 9.17) is 4.74 Å². The van der Waals surface area contributed by atoms with Crippen molar-refractivity contribution in [1.82, 2.24) is 5.32 Å². The number of anilines is 1. The van der Waals surface area contributed by atoms with Gasteiger partial charge in [0.1, 0.15) is 11.8 Å². The van der Waals surface area contributed by atoms with Crippen LogP contribution in [0.4, 0.5) is 11.4 Å². The maximum Gasteiger partial charge on any atom is 0.311 e. The molecular formula is C16H22BrN3O4. The number of rotatable bonds is 4. The summed E-state index contributed by atoms with van der Waals surface area (Å²) in [6, 6.07) is 4.68. The maximum atomic E-state index is 12.2. The zero-order chi connectivity index (χ0) is 17.9. The lowest BCUT2D eigenvalue weighted by molar-refractivity contribution is -0.384. The van der Waals surface area contributed by atoms with Crippen LogP contribution in [0, 0.1) is 15.5 Å². The molecule has 1 aromatic carbocycles. The van der Waals surface area contributed by atoms with E-state index in [1.165, 1.54) is 6.07 Å². The highest BCUT2D eigenvalue weighted by Gasteiger charge is 2.33. The maximum absolute atomic E-state index is 12.2. The molecule has 1 aromatic rings. The number of nitrogens with zero attached hydrogens (tertiary/aromatic N) is 1. The molecule has 0 spiro atoms. The highest BCUT2D eigenvalue weighted by molar-refractivity contribution is 9.10. The Hall–Kier alpha value is -1.67. The molecule has 1 fully saturated rings. The average molecular weight is 400 g/mol. The smallest absolute Gasteiger partial charge is 0.311 e. The van der Waals surface area contributed by atoms with Gasteiger partial charge in [0.25, 0.3) is 5.69 Å². The predicted molar refractivity (Wildman–Crippen MR) is 95.0 cm³/mol. The van der Waals surface area contributed by atoms with Crippen molar-refractivity contribution >= 4 is 33.3 Å². The fourth-order valence-electron chi connectivity index (χ4n) is 2.41. The second kappa shape index (κ2) is 7.48. The van der Waals surface area contributed by atoms with E-state index in [-0.39, 0.29) is 23.8 Å². The van der Waals surface area contributed by atoms with Crippen molar-refractivity contribution in [3.63, 3.8) is 0 Å². The third kappa shape index (κ3) is 4.67. The first-order valence-electron chi connectivity index (χ1n) is 7.81. The lowest BCUT2D eigenvalue weighted by Crippen LogP contribution is -2.50. The molecule has 0 bridgehead atoms. The number of esters is 1. The molecular weight excluding hydrogens is 378 g/mol. The zero-order valence-electron chi connectivity index (χ0n) is 14.0. The predicted octanol–water partition coefficient (Wildman–Crippen LogP) is 3.09. The van der Waals surface area contributed by atoms with Gasteiger partial charge in [-0.3, -0.25) is 14.9 Å². The van der Waals surface area contributed by atoms with E-state index >= 15 is 0 Å². The third-order valence-corrected chi connectivity index (χ3v) is 4.29. The highest BCUT2D eigenvalue weighted by Crippen LogP contribution is 2.30. The van der Waals surface area contributed by atoms with E-state index in [2.05, 4.69) is 26.6 Å². The summed E-state index contributed by atoms with van der Waals surface area (Å²) in [5.74, 6) is -0.284. The normalized spacial score (nSPS) is 21.2. The van der Waals surface area contributed by atoms with E-state index in [0.29, 0.717) is 23.1 Å². The highest BCUT2D eigenvalue weighted by atomic mass is 79.9. The number of nitro groups is 1. The van der Waals surface area contributed by atoms with Crippen LogP contribution in [-0.2, 0) is 9.53 Å². The van der Waals surface area contributed by atoms with Gasteiger partial charge in [-0.1, -0.05) is 15.9 Å². The fraction of sp³-hybridized carbons (Fsp3) is 0.562. The molecule has 0 aromatic heterocycles. The Morgan fingerprint density at radius 1 is 1.46 bits per heavy atom. The molecule has 2 rings (SSSR count). The van der Waals surface area contributed by atoms with Gasteiger partial charge in [-0.2, -0.15) is 0 Å². The van der Waals surface area contributed by atoms with E-state index < -0.39 is 10.3 Å². The van der Waals surface area contributed by atoms with Gasteiger partial charge in [0, 0.05) is 17.1 Å². The van der Waals surface area contributed by atoms with Gasteiger partial charge in [0.15, 0.2) is 0 Å². The van der Waals surface area contributed by atoms with E-state index in [1.54, 1.807) is 32.9 Å². The molecule has 1 saturated heterocycles. The number of halogens is 1. The number of hydrogen-bond donors (Lipinski definition) is 2. The topological polar surface area (TPSA) is 93.5 Å². The SMILES string of the molecule is CC(C)(C)C(=O)OC1CNCCC1Nc1ccc(Br)cc1[N+](=O)[O-]. The number of carbonyl (C=O) groups excluding carboxylic acids is 1. The van der Waals surface area contributed by atoms with Crippen LogP contribution >= 0.6 is 15.9 Å². The van der Waals surface area contributed by atoms with Crippen LogP contribution in [-0.4, -0.2) is 36.1 Å². The van der Waals surface area contributed by atoms with Crippen molar-refractivity contribution in [2.24, 2.45) is 5.41 Å². The molecule has 1 heterocycles. The summed E-state index contributed by atoms with van der Waals surface area (Å²) in [6.45, 7) is 6.67. The summed E-state index contributed by atoms with van der Waals surface area (Å²) in [7, 11) is 0. The number of carbonyl (C=O) groups is 1. The minimum absolute atomic E-state index is 0.0104. The van der Waals surface area contributed by atoms with E-state index in [9.17, 15) is 14.9 Å². The lowest BCUT2D eigenvalue weighted by atomic mass is 9.96. The summed E-state index contributed by atoms with van der Waals surface area (Å²) in [4.78, 5) is 23.0. The Kier molecular flexibility index (Phi) is 5.82. The zero-order valence-corrected chi connectivity index (χ0v) is 15.6. The molecule has 1 aliphatic rings. The lowest BCUT2D eigenvalue weighted by Gasteiger charge is -2.34. The quantitative estimate of drug-likeness (QED) is 0.458. The fourth-order valence-corrected chi connectivity index (χ4v) is 2.76. The molecule has 2 unspecified atom stereocenters. The van der Waals surface area contributed by atoms with Crippen molar-refractivity contribution in [3.05, 3.63) is 32.8 Å². The number of benzene rings is 1. The first-order chi connectivity index (χ1) is 11.2. The van der Waals surface area contributed by atoms with Crippen molar-refractivity contribution in [2.75, 3.05) is 18.4 Å². The average Bonchev–Trinajstić information content (AvgIpc) is 2.49. The Bertz CT molecular complexity index is 630. The Morgan fingerprint density at radius 2 is 2.17 bits per heavy atom. The van der Waals surface area contributed by atoms with Crippen molar-refractivity contribution in [2.45, 2.75) is 39.3 Å². The Morgan fingerprint density at radius 3 is 2.79 bits per heavy atom. The van der Waals surface area contributed by atoms with E-state index in [0.717, 1.165) is 6.54 Å². The van der Waals surface area contributed by atoms with Crippen LogP contribution in [0.2, 0.25) is 0 Å². The molecule has 0 radical (unpaired) electrons.